The Morgan fingerprint density at radius 2 is 2.20 bits per heavy atom. The minimum absolute atomic E-state index is 0.0103. The van der Waals surface area contributed by atoms with Crippen LogP contribution in [-0.4, -0.2) is 60.5 Å². The molecule has 1 saturated heterocycles. The number of aliphatic hydroxyl groups excluding tert-OH is 1. The van der Waals surface area contributed by atoms with E-state index in [2.05, 4.69) is 31.0 Å². The molecule has 20 heavy (non-hydrogen) atoms. The molecule has 2 unspecified atom stereocenters. The van der Waals surface area contributed by atoms with Crippen molar-refractivity contribution < 1.29 is 9.84 Å². The Kier molecular flexibility index (Phi) is 5.46. The van der Waals surface area contributed by atoms with Crippen LogP contribution in [0.4, 0.5) is 0 Å². The summed E-state index contributed by atoms with van der Waals surface area (Å²) in [6.45, 7) is 11.7. The van der Waals surface area contributed by atoms with Gasteiger partial charge >= 0.3 is 0 Å². The zero-order chi connectivity index (χ0) is 14.6. The average Bonchev–Trinajstić information content (AvgIpc) is 2.79. The molecule has 1 saturated carbocycles. The van der Waals surface area contributed by atoms with Crippen molar-refractivity contribution in [3.63, 3.8) is 0 Å². The zero-order valence-electron chi connectivity index (χ0n) is 13.5. The second kappa shape index (κ2) is 6.73. The van der Waals surface area contributed by atoms with Crippen LogP contribution in [-0.2, 0) is 4.74 Å². The summed E-state index contributed by atoms with van der Waals surface area (Å²) in [4.78, 5) is 2.52. The van der Waals surface area contributed by atoms with E-state index in [9.17, 15) is 5.11 Å². The Balaban J connectivity index is 1.86. The summed E-state index contributed by atoms with van der Waals surface area (Å²) in [5.74, 6) is 0.610. The van der Waals surface area contributed by atoms with Crippen LogP contribution in [0, 0.1) is 5.92 Å². The smallest absolute Gasteiger partial charge is 0.0753 e. The van der Waals surface area contributed by atoms with Gasteiger partial charge in [-0.25, -0.2) is 0 Å². The van der Waals surface area contributed by atoms with E-state index in [1.165, 1.54) is 19.3 Å². The highest BCUT2D eigenvalue weighted by molar-refractivity contribution is 4.99. The van der Waals surface area contributed by atoms with E-state index in [0.29, 0.717) is 5.92 Å². The molecule has 1 aliphatic heterocycles. The van der Waals surface area contributed by atoms with Gasteiger partial charge < -0.3 is 15.2 Å². The standard InChI is InChI=1S/C16H32N2O2/c1-4-17-16(13-19)8-5-6-14(16)7-9-18-10-11-20-15(2,3)12-18/h14,17,19H,4-13H2,1-3H3. The molecule has 0 amide bonds. The van der Waals surface area contributed by atoms with Crippen molar-refractivity contribution in [3.05, 3.63) is 0 Å². The van der Waals surface area contributed by atoms with Crippen LogP contribution in [0.5, 0.6) is 0 Å². The lowest BCUT2D eigenvalue weighted by atomic mass is 9.85. The molecule has 4 nitrogen and oxygen atoms in total. The summed E-state index contributed by atoms with van der Waals surface area (Å²) < 4.78 is 5.77. The second-order valence-electron chi connectivity index (χ2n) is 7.11. The number of nitrogens with one attached hydrogen (secondary N) is 1. The first-order chi connectivity index (χ1) is 9.51. The van der Waals surface area contributed by atoms with E-state index in [1.807, 2.05) is 0 Å². The minimum Gasteiger partial charge on any atom is -0.394 e. The van der Waals surface area contributed by atoms with Crippen molar-refractivity contribution in [1.82, 2.24) is 10.2 Å². The fourth-order valence-corrected chi connectivity index (χ4v) is 4.06. The predicted molar refractivity (Wildman–Crippen MR) is 81.9 cm³/mol. The van der Waals surface area contributed by atoms with Crippen LogP contribution < -0.4 is 5.32 Å². The van der Waals surface area contributed by atoms with E-state index in [1.54, 1.807) is 0 Å². The summed E-state index contributed by atoms with van der Waals surface area (Å²) in [7, 11) is 0. The maximum Gasteiger partial charge on any atom is 0.0753 e. The first-order valence-corrected chi connectivity index (χ1v) is 8.23. The topological polar surface area (TPSA) is 44.7 Å². The van der Waals surface area contributed by atoms with Gasteiger partial charge in [-0.3, -0.25) is 4.90 Å². The van der Waals surface area contributed by atoms with Gasteiger partial charge in [0.1, 0.15) is 0 Å². The number of hydrogen-bond donors (Lipinski definition) is 2. The van der Waals surface area contributed by atoms with Crippen molar-refractivity contribution >= 4 is 0 Å². The summed E-state index contributed by atoms with van der Waals surface area (Å²) in [5, 5.41) is 13.4. The molecule has 2 N–H and O–H groups in total. The summed E-state index contributed by atoms with van der Waals surface area (Å²) >= 11 is 0. The highest BCUT2D eigenvalue weighted by atomic mass is 16.5. The number of likely N-dealkylation sites (N-methyl/N-ethyl adjacent to an activating group) is 1. The minimum atomic E-state index is -0.0173. The Morgan fingerprint density at radius 1 is 1.40 bits per heavy atom. The van der Waals surface area contributed by atoms with Crippen LogP contribution >= 0.6 is 0 Å². The maximum absolute atomic E-state index is 9.84. The lowest BCUT2D eigenvalue weighted by molar-refractivity contribution is -0.0873. The number of nitrogens with zero attached hydrogens (tertiary/aromatic N) is 1. The number of hydrogen-bond acceptors (Lipinski definition) is 4. The van der Waals surface area contributed by atoms with Crippen LogP contribution in [0.1, 0.15) is 46.5 Å². The summed E-state index contributed by atoms with van der Waals surface area (Å²) in [6, 6.07) is 0. The van der Waals surface area contributed by atoms with E-state index >= 15 is 0 Å². The molecule has 2 atom stereocenters. The van der Waals surface area contributed by atoms with Gasteiger partial charge in [-0.05, 0) is 52.1 Å². The van der Waals surface area contributed by atoms with E-state index in [4.69, 9.17) is 4.74 Å². The molecule has 1 heterocycles. The highest BCUT2D eigenvalue weighted by Crippen LogP contribution is 2.38. The van der Waals surface area contributed by atoms with Gasteiger partial charge in [0.05, 0.1) is 18.8 Å². The molecule has 0 aromatic heterocycles. The molecule has 2 rings (SSSR count). The van der Waals surface area contributed by atoms with Gasteiger partial charge in [0.2, 0.25) is 0 Å². The number of morpholine rings is 1. The molecule has 0 bridgehead atoms. The molecular weight excluding hydrogens is 252 g/mol. The molecule has 2 aliphatic rings. The molecular formula is C16H32N2O2. The van der Waals surface area contributed by atoms with Gasteiger partial charge in [0.25, 0.3) is 0 Å². The quantitative estimate of drug-likeness (QED) is 0.778. The third kappa shape index (κ3) is 3.73. The molecule has 4 heteroatoms. The number of aliphatic hydroxyl groups is 1. The zero-order valence-corrected chi connectivity index (χ0v) is 13.5. The van der Waals surface area contributed by atoms with E-state index in [0.717, 1.165) is 39.2 Å². The average molecular weight is 284 g/mol. The van der Waals surface area contributed by atoms with Crippen LogP contribution in [0.15, 0.2) is 0 Å². The Morgan fingerprint density at radius 3 is 2.85 bits per heavy atom. The van der Waals surface area contributed by atoms with Crippen molar-refractivity contribution in [2.75, 3.05) is 39.4 Å². The third-order valence-corrected chi connectivity index (χ3v) is 5.07. The Labute approximate surface area is 123 Å². The third-order valence-electron chi connectivity index (χ3n) is 5.07. The van der Waals surface area contributed by atoms with Crippen LogP contribution in [0.25, 0.3) is 0 Å². The molecule has 0 radical (unpaired) electrons. The molecule has 0 aromatic carbocycles. The van der Waals surface area contributed by atoms with Gasteiger partial charge in [0, 0.05) is 18.6 Å². The fraction of sp³-hybridized carbons (Fsp3) is 1.00. The second-order valence-corrected chi connectivity index (χ2v) is 7.11. The molecule has 1 aliphatic carbocycles. The predicted octanol–water partition coefficient (Wildman–Crippen LogP) is 1.63. The maximum atomic E-state index is 9.84. The van der Waals surface area contributed by atoms with Gasteiger partial charge in [-0.1, -0.05) is 13.3 Å². The van der Waals surface area contributed by atoms with Crippen molar-refractivity contribution in [3.8, 4) is 0 Å². The fourth-order valence-electron chi connectivity index (χ4n) is 4.06. The molecule has 0 aromatic rings. The summed E-state index contributed by atoms with van der Waals surface area (Å²) in [6.07, 6.45) is 4.80. The highest BCUT2D eigenvalue weighted by Gasteiger charge is 2.41. The molecule has 0 spiro atoms. The van der Waals surface area contributed by atoms with Crippen LogP contribution in [0.2, 0.25) is 0 Å². The lowest BCUT2D eigenvalue weighted by Gasteiger charge is -2.40. The SMILES string of the molecule is CCNC1(CO)CCCC1CCN1CCOC(C)(C)C1. The Bertz CT molecular complexity index is 309. The summed E-state index contributed by atoms with van der Waals surface area (Å²) in [5.41, 5.74) is -0.0276. The first-order valence-electron chi connectivity index (χ1n) is 8.23. The number of rotatable bonds is 6. The van der Waals surface area contributed by atoms with Gasteiger partial charge in [-0.2, -0.15) is 0 Å². The Hall–Kier alpha value is -0.160. The number of ether oxygens (including phenoxy) is 1. The van der Waals surface area contributed by atoms with Gasteiger partial charge in [-0.15, -0.1) is 0 Å². The first kappa shape index (κ1) is 16.2. The van der Waals surface area contributed by atoms with E-state index < -0.39 is 0 Å². The largest absolute Gasteiger partial charge is 0.394 e. The van der Waals surface area contributed by atoms with Crippen LogP contribution in [0.3, 0.4) is 0 Å². The van der Waals surface area contributed by atoms with Crippen molar-refractivity contribution in [2.24, 2.45) is 5.92 Å². The van der Waals surface area contributed by atoms with Crippen molar-refractivity contribution in [2.45, 2.75) is 57.6 Å². The van der Waals surface area contributed by atoms with Crippen molar-refractivity contribution in [1.29, 1.82) is 0 Å². The molecule has 2 fully saturated rings. The van der Waals surface area contributed by atoms with E-state index in [-0.39, 0.29) is 17.7 Å². The molecule has 118 valence electrons. The van der Waals surface area contributed by atoms with Gasteiger partial charge in [0.15, 0.2) is 0 Å². The normalized spacial score (nSPS) is 34.5. The monoisotopic (exact) mass is 284 g/mol. The lowest BCUT2D eigenvalue weighted by Crippen LogP contribution is -2.53.